The maximum absolute atomic E-state index is 10.6. The summed E-state index contributed by atoms with van der Waals surface area (Å²) in [5.41, 5.74) is 0. The summed E-state index contributed by atoms with van der Waals surface area (Å²) in [6.45, 7) is 4.26. The molecule has 0 spiro atoms. The van der Waals surface area contributed by atoms with E-state index in [0.717, 1.165) is 12.8 Å². The average Bonchev–Trinajstić information content (AvgIpc) is 3.56. The molecule has 9 nitrogen and oxygen atoms in total. The van der Waals surface area contributed by atoms with Gasteiger partial charge in [-0.25, -0.2) is 0 Å². The Kier molecular flexibility index (Phi) is 10.6. The maximum atomic E-state index is 10.6. The molecule has 32 heavy (non-hydrogen) atoms. The molecule has 9 heteroatoms. The van der Waals surface area contributed by atoms with E-state index >= 15 is 0 Å². The molecular formula is C23H42O9. The molecule has 4 N–H and O–H groups in total. The minimum absolute atomic E-state index is 0.455. The van der Waals surface area contributed by atoms with E-state index in [9.17, 15) is 20.4 Å². The van der Waals surface area contributed by atoms with Crippen LogP contribution >= 0.6 is 0 Å². The molecule has 0 aromatic rings. The Morgan fingerprint density at radius 3 is 1.94 bits per heavy atom. The number of epoxide rings is 1. The van der Waals surface area contributed by atoms with Crippen molar-refractivity contribution in [3.05, 3.63) is 0 Å². The summed E-state index contributed by atoms with van der Waals surface area (Å²) in [6.07, 6.45) is 2.27. The zero-order valence-corrected chi connectivity index (χ0v) is 19.4. The molecule has 0 aromatic carbocycles. The number of ether oxygens (including phenoxy) is 5. The van der Waals surface area contributed by atoms with Crippen molar-refractivity contribution >= 4 is 0 Å². The second-order valence-electron chi connectivity index (χ2n) is 9.30. The summed E-state index contributed by atoms with van der Waals surface area (Å²) in [5, 5.41) is 40.7. The SMILES string of the molecule is CCCCCCCCCCCCO[C@@H]1OC2O[C@@H]2C(O)C1OC1OC(C)[C@H](O)C(O)[C@@H]1O. The quantitative estimate of drug-likeness (QED) is 0.224. The first-order valence-corrected chi connectivity index (χ1v) is 12.4. The normalized spacial score (nSPS) is 41.4. The molecule has 0 bridgehead atoms. The first kappa shape index (κ1) is 26.2. The van der Waals surface area contributed by atoms with E-state index in [4.69, 9.17) is 23.7 Å². The summed E-state index contributed by atoms with van der Waals surface area (Å²) in [7, 11) is 0. The minimum atomic E-state index is -1.46. The lowest BCUT2D eigenvalue weighted by Crippen LogP contribution is -2.60. The molecule has 0 aliphatic carbocycles. The van der Waals surface area contributed by atoms with Crippen molar-refractivity contribution in [3.63, 3.8) is 0 Å². The van der Waals surface area contributed by atoms with Crippen molar-refractivity contribution in [3.8, 4) is 0 Å². The summed E-state index contributed by atoms with van der Waals surface area (Å²) in [5.74, 6) is 0. The van der Waals surface area contributed by atoms with Crippen LogP contribution in [0.2, 0.25) is 0 Å². The standard InChI is InChI=1S/C23H42O9/c1-3-4-5-6-7-8-9-10-11-12-13-28-22-19(18(27)20-23(31-20)32-22)30-21-17(26)16(25)15(24)14(2)29-21/h14-27H,3-13H2,1-2H3/t14?,15-,16?,17-,18?,19?,20+,21?,22+,23?/m0/s1. The number of aliphatic hydroxyl groups is 4. The Morgan fingerprint density at radius 1 is 0.656 bits per heavy atom. The van der Waals surface area contributed by atoms with Gasteiger partial charge in [0.15, 0.2) is 18.9 Å². The van der Waals surface area contributed by atoms with Crippen molar-refractivity contribution in [1.29, 1.82) is 0 Å². The van der Waals surface area contributed by atoms with Gasteiger partial charge in [0.1, 0.15) is 36.6 Å². The van der Waals surface area contributed by atoms with Gasteiger partial charge in [0.25, 0.3) is 0 Å². The molecule has 0 aromatic heterocycles. The molecule has 3 rings (SSSR count). The zero-order valence-electron chi connectivity index (χ0n) is 19.4. The van der Waals surface area contributed by atoms with Crippen molar-refractivity contribution in [1.82, 2.24) is 0 Å². The Bertz CT molecular complexity index is 536. The zero-order chi connectivity index (χ0) is 23.1. The van der Waals surface area contributed by atoms with Crippen molar-refractivity contribution in [2.45, 2.75) is 140 Å². The number of hydrogen-bond donors (Lipinski definition) is 4. The number of hydrogen-bond acceptors (Lipinski definition) is 9. The fourth-order valence-electron chi connectivity index (χ4n) is 4.37. The Balaban J connectivity index is 1.37. The highest BCUT2D eigenvalue weighted by atomic mass is 16.8. The maximum Gasteiger partial charge on any atom is 0.190 e. The fraction of sp³-hybridized carbons (Fsp3) is 1.00. The predicted octanol–water partition coefficient (Wildman–Crippen LogP) is 1.58. The lowest BCUT2D eigenvalue weighted by atomic mass is 9.99. The third kappa shape index (κ3) is 7.07. The van der Waals surface area contributed by atoms with Gasteiger partial charge in [-0.2, -0.15) is 0 Å². The molecule has 3 fully saturated rings. The minimum Gasteiger partial charge on any atom is -0.388 e. The van der Waals surface area contributed by atoms with E-state index in [1.807, 2.05) is 0 Å². The highest BCUT2D eigenvalue weighted by Gasteiger charge is 2.59. The van der Waals surface area contributed by atoms with Gasteiger partial charge in [0, 0.05) is 6.61 Å². The molecule has 0 radical (unpaired) electrons. The lowest BCUT2D eigenvalue weighted by molar-refractivity contribution is -0.343. The van der Waals surface area contributed by atoms with E-state index in [-0.39, 0.29) is 0 Å². The van der Waals surface area contributed by atoms with Crippen LogP contribution in [-0.2, 0) is 23.7 Å². The van der Waals surface area contributed by atoms with Gasteiger partial charge in [0.2, 0.25) is 0 Å². The summed E-state index contributed by atoms with van der Waals surface area (Å²) in [6, 6.07) is 0. The Morgan fingerprint density at radius 2 is 1.28 bits per heavy atom. The van der Waals surface area contributed by atoms with Crippen LogP contribution in [0.25, 0.3) is 0 Å². The molecule has 188 valence electrons. The van der Waals surface area contributed by atoms with Crippen LogP contribution in [-0.4, -0.2) is 88.6 Å². The van der Waals surface area contributed by atoms with Crippen LogP contribution in [0, 0.1) is 0 Å². The topological polar surface area (TPSA) is 130 Å². The van der Waals surface area contributed by atoms with Gasteiger partial charge in [-0.1, -0.05) is 64.7 Å². The second-order valence-corrected chi connectivity index (χ2v) is 9.30. The van der Waals surface area contributed by atoms with Crippen LogP contribution in [0.5, 0.6) is 0 Å². The van der Waals surface area contributed by atoms with Crippen LogP contribution in [0.1, 0.15) is 78.1 Å². The molecule has 0 amide bonds. The van der Waals surface area contributed by atoms with Gasteiger partial charge < -0.3 is 44.1 Å². The second kappa shape index (κ2) is 12.9. The monoisotopic (exact) mass is 462 g/mol. The van der Waals surface area contributed by atoms with Crippen LogP contribution < -0.4 is 0 Å². The van der Waals surface area contributed by atoms with E-state index < -0.39 is 61.6 Å². The third-order valence-corrected chi connectivity index (χ3v) is 6.57. The number of aliphatic hydroxyl groups excluding tert-OH is 4. The van der Waals surface area contributed by atoms with Gasteiger partial charge >= 0.3 is 0 Å². The highest BCUT2D eigenvalue weighted by Crippen LogP contribution is 2.38. The summed E-state index contributed by atoms with van der Waals surface area (Å²) in [4.78, 5) is 0. The summed E-state index contributed by atoms with van der Waals surface area (Å²) < 4.78 is 28.1. The first-order valence-electron chi connectivity index (χ1n) is 12.4. The molecule has 10 atom stereocenters. The van der Waals surface area contributed by atoms with Gasteiger partial charge in [-0.05, 0) is 13.3 Å². The number of fused-ring (bicyclic) bond motifs is 1. The molecule has 6 unspecified atom stereocenters. The lowest BCUT2D eigenvalue weighted by Gasteiger charge is -2.42. The molecule has 3 heterocycles. The number of unbranched alkanes of at least 4 members (excludes halogenated alkanes) is 9. The summed E-state index contributed by atoms with van der Waals surface area (Å²) >= 11 is 0. The van der Waals surface area contributed by atoms with Crippen molar-refractivity contribution in [2.24, 2.45) is 0 Å². The Hall–Kier alpha value is -0.360. The average molecular weight is 463 g/mol. The largest absolute Gasteiger partial charge is 0.388 e. The molecular weight excluding hydrogens is 420 g/mol. The third-order valence-electron chi connectivity index (χ3n) is 6.57. The molecule has 3 aliphatic heterocycles. The molecule has 0 saturated carbocycles. The van der Waals surface area contributed by atoms with Crippen molar-refractivity contribution in [2.75, 3.05) is 6.61 Å². The van der Waals surface area contributed by atoms with Gasteiger partial charge in [0.05, 0.1) is 6.10 Å². The molecule has 3 aliphatic rings. The van der Waals surface area contributed by atoms with Gasteiger partial charge in [-0.3, -0.25) is 0 Å². The fourth-order valence-corrected chi connectivity index (χ4v) is 4.37. The van der Waals surface area contributed by atoms with Crippen molar-refractivity contribution < 1.29 is 44.1 Å². The van der Waals surface area contributed by atoms with Crippen LogP contribution in [0.3, 0.4) is 0 Å². The Labute approximate surface area is 190 Å². The van der Waals surface area contributed by atoms with E-state index in [0.29, 0.717) is 6.61 Å². The van der Waals surface area contributed by atoms with E-state index in [1.54, 1.807) is 6.92 Å². The molecule has 3 saturated heterocycles. The van der Waals surface area contributed by atoms with E-state index in [1.165, 1.54) is 51.4 Å². The highest BCUT2D eigenvalue weighted by molar-refractivity contribution is 4.97. The predicted molar refractivity (Wildman–Crippen MR) is 115 cm³/mol. The van der Waals surface area contributed by atoms with E-state index in [2.05, 4.69) is 6.92 Å². The smallest absolute Gasteiger partial charge is 0.190 e. The van der Waals surface area contributed by atoms with Gasteiger partial charge in [-0.15, -0.1) is 0 Å². The van der Waals surface area contributed by atoms with Crippen LogP contribution in [0.15, 0.2) is 0 Å². The number of rotatable bonds is 14. The first-order chi connectivity index (χ1) is 15.4. The van der Waals surface area contributed by atoms with Crippen LogP contribution in [0.4, 0.5) is 0 Å².